The summed E-state index contributed by atoms with van der Waals surface area (Å²) < 4.78 is 0. The number of aromatic nitrogens is 2. The largest absolute Gasteiger partial charge is 0.234 e. The third-order valence-corrected chi connectivity index (χ3v) is 1.72. The Bertz CT molecular complexity index is 283. The first kappa shape index (κ1) is 9.90. The van der Waals surface area contributed by atoms with Crippen molar-refractivity contribution in [2.45, 2.75) is 33.6 Å². The van der Waals surface area contributed by atoms with Gasteiger partial charge in [0.1, 0.15) is 0 Å². The summed E-state index contributed by atoms with van der Waals surface area (Å²) >= 11 is 0. The summed E-state index contributed by atoms with van der Waals surface area (Å²) in [6, 6.07) is 1.98. The fraction of sp³-hybridized carbons (Fsp3) is 0.455. The van der Waals surface area contributed by atoms with Gasteiger partial charge < -0.3 is 0 Å². The predicted octanol–water partition coefficient (Wildman–Crippen LogP) is 2.91. The van der Waals surface area contributed by atoms with Gasteiger partial charge in [-0.15, -0.1) is 0 Å². The van der Waals surface area contributed by atoms with Crippen LogP contribution in [0.5, 0.6) is 0 Å². The molecular weight excluding hydrogens is 160 g/mol. The molecule has 0 saturated heterocycles. The number of hydrogen-bond acceptors (Lipinski definition) is 2. The highest BCUT2D eigenvalue weighted by molar-refractivity contribution is 5.40. The predicted molar refractivity (Wildman–Crippen MR) is 55.4 cm³/mol. The van der Waals surface area contributed by atoms with Gasteiger partial charge in [-0.05, 0) is 32.4 Å². The SMILES string of the molecule is CCC/C=C/c1nc(C)cc(C)n1. The van der Waals surface area contributed by atoms with E-state index in [-0.39, 0.29) is 0 Å². The van der Waals surface area contributed by atoms with E-state index >= 15 is 0 Å². The fourth-order valence-electron chi connectivity index (χ4n) is 1.18. The van der Waals surface area contributed by atoms with Crippen LogP contribution in [-0.4, -0.2) is 9.97 Å². The fourth-order valence-corrected chi connectivity index (χ4v) is 1.18. The summed E-state index contributed by atoms with van der Waals surface area (Å²) in [5.41, 5.74) is 2.06. The molecule has 0 atom stereocenters. The highest BCUT2D eigenvalue weighted by Crippen LogP contribution is 2.02. The third kappa shape index (κ3) is 3.36. The Labute approximate surface area is 79.7 Å². The molecule has 0 aliphatic heterocycles. The topological polar surface area (TPSA) is 25.8 Å². The molecule has 0 aromatic carbocycles. The van der Waals surface area contributed by atoms with Crippen LogP contribution < -0.4 is 0 Å². The standard InChI is InChI=1S/C11H16N2/c1-4-5-6-7-11-12-9(2)8-10(3)13-11/h6-8H,4-5H2,1-3H3/b7-6+. The van der Waals surface area contributed by atoms with Crippen LogP contribution in [0.1, 0.15) is 37.0 Å². The molecule has 0 bridgehead atoms. The van der Waals surface area contributed by atoms with Crippen molar-refractivity contribution in [3.05, 3.63) is 29.4 Å². The highest BCUT2D eigenvalue weighted by atomic mass is 14.9. The Morgan fingerprint density at radius 1 is 1.23 bits per heavy atom. The lowest BCUT2D eigenvalue weighted by molar-refractivity contribution is 0.958. The molecule has 0 aliphatic carbocycles. The molecule has 1 aromatic rings. The van der Waals surface area contributed by atoms with Crippen LogP contribution in [0.3, 0.4) is 0 Å². The van der Waals surface area contributed by atoms with Gasteiger partial charge in [0.15, 0.2) is 5.82 Å². The van der Waals surface area contributed by atoms with E-state index in [0.29, 0.717) is 0 Å². The number of allylic oxidation sites excluding steroid dienone is 1. The van der Waals surface area contributed by atoms with E-state index in [1.165, 1.54) is 6.42 Å². The number of unbranched alkanes of at least 4 members (excludes halogenated alkanes) is 1. The smallest absolute Gasteiger partial charge is 0.152 e. The molecule has 0 radical (unpaired) electrons. The zero-order valence-corrected chi connectivity index (χ0v) is 8.54. The highest BCUT2D eigenvalue weighted by Gasteiger charge is 1.93. The van der Waals surface area contributed by atoms with E-state index in [1.807, 2.05) is 26.0 Å². The molecule has 2 nitrogen and oxygen atoms in total. The second-order valence-electron chi connectivity index (χ2n) is 3.20. The van der Waals surface area contributed by atoms with E-state index in [4.69, 9.17) is 0 Å². The number of aryl methyl sites for hydroxylation is 2. The minimum absolute atomic E-state index is 0.825. The van der Waals surface area contributed by atoms with Crippen molar-refractivity contribution >= 4 is 6.08 Å². The third-order valence-electron chi connectivity index (χ3n) is 1.72. The first-order valence-corrected chi connectivity index (χ1v) is 4.71. The van der Waals surface area contributed by atoms with Gasteiger partial charge in [0.05, 0.1) is 0 Å². The van der Waals surface area contributed by atoms with E-state index < -0.39 is 0 Å². The minimum atomic E-state index is 0.825. The van der Waals surface area contributed by atoms with Gasteiger partial charge in [-0.3, -0.25) is 0 Å². The number of nitrogens with zero attached hydrogens (tertiary/aromatic N) is 2. The Morgan fingerprint density at radius 2 is 1.85 bits per heavy atom. The van der Waals surface area contributed by atoms with Crippen LogP contribution in [0.25, 0.3) is 6.08 Å². The molecule has 1 aromatic heterocycles. The summed E-state index contributed by atoms with van der Waals surface area (Å²) in [5.74, 6) is 0.825. The molecule has 70 valence electrons. The second kappa shape index (κ2) is 4.75. The normalized spacial score (nSPS) is 11.0. The van der Waals surface area contributed by atoms with E-state index in [9.17, 15) is 0 Å². The molecule has 2 heteroatoms. The van der Waals surface area contributed by atoms with Crippen molar-refractivity contribution in [2.24, 2.45) is 0 Å². The first-order chi connectivity index (χ1) is 6.22. The molecule has 0 amide bonds. The van der Waals surface area contributed by atoms with Crippen LogP contribution in [0, 0.1) is 13.8 Å². The number of hydrogen-bond donors (Lipinski definition) is 0. The number of rotatable bonds is 3. The molecule has 13 heavy (non-hydrogen) atoms. The van der Waals surface area contributed by atoms with Crippen LogP contribution in [-0.2, 0) is 0 Å². The van der Waals surface area contributed by atoms with Gasteiger partial charge >= 0.3 is 0 Å². The van der Waals surface area contributed by atoms with Gasteiger partial charge in [-0.25, -0.2) is 9.97 Å². The summed E-state index contributed by atoms with van der Waals surface area (Å²) in [6.45, 7) is 6.14. The van der Waals surface area contributed by atoms with Crippen molar-refractivity contribution in [1.29, 1.82) is 0 Å². The summed E-state index contributed by atoms with van der Waals surface area (Å²) in [6.07, 6.45) is 6.37. The lowest BCUT2D eigenvalue weighted by atomic mass is 10.3. The lowest BCUT2D eigenvalue weighted by Gasteiger charge is -1.97. The Kier molecular flexibility index (Phi) is 3.62. The van der Waals surface area contributed by atoms with Gasteiger partial charge in [-0.2, -0.15) is 0 Å². The summed E-state index contributed by atoms with van der Waals surface area (Å²) in [5, 5.41) is 0. The molecular formula is C11H16N2. The average molecular weight is 176 g/mol. The molecule has 0 unspecified atom stereocenters. The monoisotopic (exact) mass is 176 g/mol. The minimum Gasteiger partial charge on any atom is -0.234 e. The molecule has 0 aliphatic rings. The van der Waals surface area contributed by atoms with Gasteiger partial charge in [0, 0.05) is 11.4 Å². The van der Waals surface area contributed by atoms with Gasteiger partial charge in [0.25, 0.3) is 0 Å². The average Bonchev–Trinajstić information content (AvgIpc) is 2.03. The van der Waals surface area contributed by atoms with Crippen molar-refractivity contribution < 1.29 is 0 Å². The Balaban J connectivity index is 2.77. The zero-order valence-electron chi connectivity index (χ0n) is 8.54. The first-order valence-electron chi connectivity index (χ1n) is 4.71. The molecule has 0 saturated carbocycles. The molecule has 1 heterocycles. The van der Waals surface area contributed by atoms with Crippen LogP contribution in [0.4, 0.5) is 0 Å². The second-order valence-corrected chi connectivity index (χ2v) is 3.20. The molecule has 0 spiro atoms. The van der Waals surface area contributed by atoms with Crippen LogP contribution >= 0.6 is 0 Å². The van der Waals surface area contributed by atoms with Gasteiger partial charge in [0.2, 0.25) is 0 Å². The van der Waals surface area contributed by atoms with E-state index in [1.54, 1.807) is 0 Å². The maximum absolute atomic E-state index is 4.31. The Morgan fingerprint density at radius 3 is 2.38 bits per heavy atom. The lowest BCUT2D eigenvalue weighted by Crippen LogP contribution is -1.92. The van der Waals surface area contributed by atoms with Gasteiger partial charge in [-0.1, -0.05) is 19.4 Å². The summed E-state index contributed by atoms with van der Waals surface area (Å²) in [7, 11) is 0. The molecule has 1 rings (SSSR count). The quantitative estimate of drug-likeness (QED) is 0.707. The zero-order chi connectivity index (χ0) is 9.68. The van der Waals surface area contributed by atoms with Crippen molar-refractivity contribution in [2.75, 3.05) is 0 Å². The van der Waals surface area contributed by atoms with E-state index in [0.717, 1.165) is 23.6 Å². The maximum atomic E-state index is 4.31. The van der Waals surface area contributed by atoms with Crippen molar-refractivity contribution in [1.82, 2.24) is 9.97 Å². The molecule has 0 fully saturated rings. The van der Waals surface area contributed by atoms with Crippen LogP contribution in [0.15, 0.2) is 12.1 Å². The van der Waals surface area contributed by atoms with Crippen LogP contribution in [0.2, 0.25) is 0 Å². The van der Waals surface area contributed by atoms with Crippen molar-refractivity contribution in [3.8, 4) is 0 Å². The van der Waals surface area contributed by atoms with Crippen molar-refractivity contribution in [3.63, 3.8) is 0 Å². The van der Waals surface area contributed by atoms with E-state index in [2.05, 4.69) is 23.0 Å². The summed E-state index contributed by atoms with van der Waals surface area (Å²) in [4.78, 5) is 8.62. The molecule has 0 N–H and O–H groups in total. The maximum Gasteiger partial charge on any atom is 0.152 e. The Hall–Kier alpha value is -1.18.